The van der Waals surface area contributed by atoms with Crippen molar-refractivity contribution in [3.05, 3.63) is 149 Å². The molecule has 1 aliphatic heterocycles. The predicted molar refractivity (Wildman–Crippen MR) is 166 cm³/mol. The normalized spacial score (nSPS) is 23.1. The second-order valence-corrected chi connectivity index (χ2v) is 11.6. The number of anilines is 1. The van der Waals surface area contributed by atoms with Crippen molar-refractivity contribution < 1.29 is 18.8 Å². The van der Waals surface area contributed by atoms with E-state index in [1.807, 2.05) is 91.0 Å². The third kappa shape index (κ3) is 3.65. The number of halogens is 1. The Hall–Kier alpha value is -5.43. The van der Waals surface area contributed by atoms with Crippen LogP contribution in [-0.4, -0.2) is 23.9 Å². The van der Waals surface area contributed by atoms with E-state index < -0.39 is 23.1 Å². The Morgan fingerprint density at radius 3 is 2.16 bits per heavy atom. The summed E-state index contributed by atoms with van der Waals surface area (Å²) in [7, 11) is 0. The van der Waals surface area contributed by atoms with Crippen LogP contribution in [0.3, 0.4) is 0 Å². The zero-order valence-corrected chi connectivity index (χ0v) is 23.5. The third-order valence-electron chi connectivity index (χ3n) is 9.46. The van der Waals surface area contributed by atoms with Gasteiger partial charge in [0.05, 0.1) is 29.4 Å². The lowest BCUT2D eigenvalue weighted by Gasteiger charge is -2.52. The summed E-state index contributed by atoms with van der Waals surface area (Å²) in [6.45, 7) is 0. The van der Waals surface area contributed by atoms with E-state index in [1.165, 1.54) is 29.2 Å². The van der Waals surface area contributed by atoms with Crippen LogP contribution in [0.15, 0.2) is 120 Å². The molecule has 5 aromatic carbocycles. The standard InChI is InChI=1S/C37H26FN3O3/c38-24-16-18-25(19-17-24)41-35(43)33-32-27-12-3-5-14-29(27)37(34(33)36(41)44,30-15-6-4-13-28(30)32)21-39-40-31(42)20-23-10-7-9-22-8-1-2-11-26(22)23/h1-19,21,32-34H,20H2,(H,40,42)/b39-21-/t32?,33-,34-,37?/m0/s1. The number of benzene rings is 5. The van der Waals surface area contributed by atoms with E-state index in [0.29, 0.717) is 5.69 Å². The summed E-state index contributed by atoms with van der Waals surface area (Å²) in [6.07, 6.45) is 1.78. The number of carbonyl (C=O) groups is 3. The molecule has 2 bridgehead atoms. The van der Waals surface area contributed by atoms with Crippen LogP contribution >= 0.6 is 0 Å². The molecule has 3 amide bonds. The summed E-state index contributed by atoms with van der Waals surface area (Å²) < 4.78 is 13.8. The Bertz CT molecular complexity index is 1980. The maximum absolute atomic E-state index is 14.4. The molecule has 1 saturated heterocycles. The van der Waals surface area contributed by atoms with Crippen molar-refractivity contribution in [2.24, 2.45) is 16.9 Å². The number of carbonyl (C=O) groups excluding carboxylic acids is 3. The average molecular weight is 580 g/mol. The lowest BCUT2D eigenvalue weighted by Crippen LogP contribution is -2.54. The molecular weight excluding hydrogens is 553 g/mol. The van der Waals surface area contributed by atoms with E-state index >= 15 is 0 Å². The van der Waals surface area contributed by atoms with Gasteiger partial charge in [0.2, 0.25) is 17.7 Å². The van der Waals surface area contributed by atoms with Gasteiger partial charge >= 0.3 is 0 Å². The number of hydrogen-bond acceptors (Lipinski definition) is 4. The first-order valence-corrected chi connectivity index (χ1v) is 14.6. The zero-order chi connectivity index (χ0) is 30.0. The highest BCUT2D eigenvalue weighted by Gasteiger charge is 2.68. The molecular formula is C37H26FN3O3. The second kappa shape index (κ2) is 9.81. The lowest BCUT2D eigenvalue weighted by molar-refractivity contribution is -0.123. The zero-order valence-electron chi connectivity index (χ0n) is 23.5. The predicted octanol–water partition coefficient (Wildman–Crippen LogP) is 5.87. The number of fused-ring (bicyclic) bond motifs is 1. The Kier molecular flexibility index (Phi) is 5.84. The van der Waals surface area contributed by atoms with Crippen molar-refractivity contribution in [3.63, 3.8) is 0 Å². The second-order valence-electron chi connectivity index (χ2n) is 11.6. The molecule has 3 aliphatic carbocycles. The van der Waals surface area contributed by atoms with Gasteiger partial charge in [0.25, 0.3) is 0 Å². The molecule has 0 unspecified atom stereocenters. The molecule has 44 heavy (non-hydrogen) atoms. The lowest BCUT2D eigenvalue weighted by atomic mass is 9.47. The van der Waals surface area contributed by atoms with Gasteiger partial charge in [-0.3, -0.25) is 14.4 Å². The van der Waals surface area contributed by atoms with Crippen molar-refractivity contribution in [2.75, 3.05) is 4.90 Å². The van der Waals surface area contributed by atoms with Crippen molar-refractivity contribution in [1.82, 2.24) is 5.43 Å². The van der Waals surface area contributed by atoms with Gasteiger partial charge in [-0.2, -0.15) is 5.10 Å². The molecule has 1 fully saturated rings. The fourth-order valence-electron chi connectivity index (χ4n) is 7.76. The van der Waals surface area contributed by atoms with Crippen molar-refractivity contribution in [1.29, 1.82) is 0 Å². The molecule has 1 N–H and O–H groups in total. The quantitative estimate of drug-likeness (QED) is 0.161. The number of hydrogen-bond donors (Lipinski definition) is 1. The van der Waals surface area contributed by atoms with Crippen LogP contribution in [0.1, 0.15) is 33.7 Å². The van der Waals surface area contributed by atoms with E-state index in [-0.39, 0.29) is 30.1 Å². The summed E-state index contributed by atoms with van der Waals surface area (Å²) in [4.78, 5) is 43.0. The minimum Gasteiger partial charge on any atom is -0.274 e. The van der Waals surface area contributed by atoms with Gasteiger partial charge in [-0.25, -0.2) is 14.7 Å². The first-order chi connectivity index (χ1) is 21.5. The summed E-state index contributed by atoms with van der Waals surface area (Å²) in [5.41, 5.74) is 6.52. The van der Waals surface area contributed by atoms with Crippen LogP contribution in [0.4, 0.5) is 10.1 Å². The minimum atomic E-state index is -1.11. The summed E-state index contributed by atoms with van der Waals surface area (Å²) in [5, 5.41) is 6.56. The van der Waals surface area contributed by atoms with Crippen LogP contribution < -0.4 is 10.3 Å². The SMILES string of the molecule is O=C(Cc1cccc2ccccc12)N/N=C\C12c3ccccc3C(c3ccccc31)[C@@H]1C(=O)N(c3ccc(F)cc3)C(=O)[C@H]12. The number of nitrogens with zero attached hydrogens (tertiary/aromatic N) is 2. The molecule has 1 heterocycles. The molecule has 9 rings (SSSR count). The smallest absolute Gasteiger partial charge is 0.244 e. The first-order valence-electron chi connectivity index (χ1n) is 14.6. The van der Waals surface area contributed by atoms with Crippen molar-refractivity contribution in [2.45, 2.75) is 17.8 Å². The Labute approximate surface area is 252 Å². The summed E-state index contributed by atoms with van der Waals surface area (Å²) in [5.74, 6) is -3.24. The average Bonchev–Trinajstić information content (AvgIpc) is 3.32. The maximum atomic E-state index is 14.4. The maximum Gasteiger partial charge on any atom is 0.244 e. The van der Waals surface area contributed by atoms with Crippen molar-refractivity contribution in [3.8, 4) is 0 Å². The first kappa shape index (κ1) is 26.2. The molecule has 6 nitrogen and oxygen atoms in total. The van der Waals surface area contributed by atoms with E-state index in [4.69, 9.17) is 0 Å². The Morgan fingerprint density at radius 1 is 0.795 bits per heavy atom. The summed E-state index contributed by atoms with van der Waals surface area (Å²) >= 11 is 0. The number of nitrogens with one attached hydrogen (secondary N) is 1. The van der Waals surface area contributed by atoms with Gasteiger partial charge in [0.15, 0.2) is 0 Å². The largest absolute Gasteiger partial charge is 0.274 e. The topological polar surface area (TPSA) is 78.8 Å². The number of hydrazone groups is 1. The molecule has 4 aliphatic rings. The fourth-order valence-corrected chi connectivity index (χ4v) is 7.76. The number of amides is 3. The molecule has 0 spiro atoms. The highest BCUT2D eigenvalue weighted by molar-refractivity contribution is 6.25. The van der Waals surface area contributed by atoms with Gasteiger partial charge in [0.1, 0.15) is 5.82 Å². The van der Waals surface area contributed by atoms with Crippen LogP contribution in [0, 0.1) is 17.7 Å². The molecule has 7 heteroatoms. The molecule has 0 radical (unpaired) electrons. The van der Waals surface area contributed by atoms with Crippen LogP contribution in [0.5, 0.6) is 0 Å². The molecule has 5 aromatic rings. The van der Waals surface area contributed by atoms with Gasteiger partial charge in [-0.15, -0.1) is 0 Å². The highest BCUT2D eigenvalue weighted by Crippen LogP contribution is 2.63. The minimum absolute atomic E-state index is 0.128. The summed E-state index contributed by atoms with van der Waals surface area (Å²) in [6, 6.07) is 34.9. The van der Waals surface area contributed by atoms with E-state index in [2.05, 4.69) is 10.5 Å². The van der Waals surface area contributed by atoms with Crippen molar-refractivity contribution >= 4 is 40.4 Å². The van der Waals surface area contributed by atoms with E-state index in [1.54, 1.807) is 6.21 Å². The molecule has 0 aromatic heterocycles. The fraction of sp³-hybridized carbons (Fsp3) is 0.135. The van der Waals surface area contributed by atoms with Gasteiger partial charge in [0, 0.05) is 12.1 Å². The monoisotopic (exact) mass is 579 g/mol. The van der Waals surface area contributed by atoms with E-state index in [9.17, 15) is 18.8 Å². The van der Waals surface area contributed by atoms with E-state index in [0.717, 1.165) is 38.6 Å². The van der Waals surface area contributed by atoms with Gasteiger partial charge in [-0.1, -0.05) is 91.0 Å². The van der Waals surface area contributed by atoms with Crippen LogP contribution in [0.2, 0.25) is 0 Å². The third-order valence-corrected chi connectivity index (χ3v) is 9.46. The van der Waals surface area contributed by atoms with Crippen LogP contribution in [-0.2, 0) is 26.2 Å². The van der Waals surface area contributed by atoms with Crippen LogP contribution in [0.25, 0.3) is 10.8 Å². The molecule has 2 atom stereocenters. The number of imide groups is 1. The molecule has 0 saturated carbocycles. The van der Waals surface area contributed by atoms with Gasteiger partial charge < -0.3 is 0 Å². The number of rotatable bonds is 5. The Balaban J connectivity index is 1.22. The molecule has 214 valence electrons. The van der Waals surface area contributed by atoms with Gasteiger partial charge in [-0.05, 0) is 62.9 Å². The highest BCUT2D eigenvalue weighted by atomic mass is 19.1. The Morgan fingerprint density at radius 2 is 1.43 bits per heavy atom.